The van der Waals surface area contributed by atoms with Gasteiger partial charge in [0.2, 0.25) is 0 Å². The zero-order valence-corrected chi connectivity index (χ0v) is 6.79. The van der Waals surface area contributed by atoms with Gasteiger partial charge in [0.05, 0.1) is 0 Å². The third-order valence-corrected chi connectivity index (χ3v) is 1.04. The van der Waals surface area contributed by atoms with Crippen LogP contribution >= 0.6 is 0 Å². The van der Waals surface area contributed by atoms with E-state index in [9.17, 15) is 0 Å². The highest BCUT2D eigenvalue weighted by atomic mass is 16.4. The van der Waals surface area contributed by atoms with Gasteiger partial charge in [-0.2, -0.15) is 0 Å². The molecule has 0 fully saturated rings. The highest BCUT2D eigenvalue weighted by molar-refractivity contribution is 5.62. The van der Waals surface area contributed by atoms with Crippen LogP contribution in [0.3, 0.4) is 0 Å². The normalized spacial score (nSPS) is 8.18. The number of carboxylic acids is 1. The third kappa shape index (κ3) is 6.64. The molecule has 0 aromatic carbocycles. The quantitative estimate of drug-likeness (QED) is 0.648. The second-order valence-electron chi connectivity index (χ2n) is 2.07. The van der Waals surface area contributed by atoms with E-state index in [1.54, 1.807) is 0 Å². The van der Waals surface area contributed by atoms with E-state index in [-0.39, 0.29) is 0 Å². The summed E-state index contributed by atoms with van der Waals surface area (Å²) in [5.74, 6) is -0.833. The molecule has 0 unspecified atom stereocenters. The maximum absolute atomic E-state index is 9.00. The molecule has 0 bridgehead atoms. The molecule has 0 saturated heterocycles. The van der Waals surface area contributed by atoms with Crippen LogP contribution in [0.5, 0.6) is 0 Å². The van der Waals surface area contributed by atoms with Crippen LogP contribution in [-0.4, -0.2) is 16.1 Å². The summed E-state index contributed by atoms with van der Waals surface area (Å²) in [5, 5.41) is 7.42. The zero-order valence-electron chi connectivity index (χ0n) is 6.79. The number of H-pyrrole nitrogens is 1. The Morgan fingerprint density at radius 3 is 2.45 bits per heavy atom. The summed E-state index contributed by atoms with van der Waals surface area (Å²) < 4.78 is 0. The molecule has 62 valence electrons. The first-order chi connectivity index (χ1) is 5.16. The summed E-state index contributed by atoms with van der Waals surface area (Å²) in [7, 11) is 0. The average molecular weight is 155 g/mol. The number of nitrogens with one attached hydrogen (secondary N) is 1. The van der Waals surface area contributed by atoms with Gasteiger partial charge in [0.1, 0.15) is 0 Å². The summed E-state index contributed by atoms with van der Waals surface area (Å²) in [6, 6.07) is 4.10. The van der Waals surface area contributed by atoms with Gasteiger partial charge in [0.25, 0.3) is 5.97 Å². The Kier molecular flexibility index (Phi) is 4.90. The monoisotopic (exact) mass is 155 g/mol. The highest BCUT2D eigenvalue weighted by Crippen LogP contribution is 1.92. The second kappa shape index (κ2) is 5.53. The number of aryl methyl sites for hydroxylation is 1. The lowest BCUT2D eigenvalue weighted by Crippen LogP contribution is -1.78. The molecule has 3 heteroatoms. The van der Waals surface area contributed by atoms with Crippen molar-refractivity contribution in [3.8, 4) is 0 Å². The summed E-state index contributed by atoms with van der Waals surface area (Å²) in [6.07, 6.45) is 3.05. The standard InChI is InChI=1S/C6H9N.C2H4O2/c1-2-6-4-3-5-7-6;1-2(3)4/h3-5,7H,2H2,1H3;1H3,(H,3,4). The number of hydrogen-bond donors (Lipinski definition) is 2. The third-order valence-electron chi connectivity index (χ3n) is 1.04. The van der Waals surface area contributed by atoms with Crippen molar-refractivity contribution in [3.63, 3.8) is 0 Å². The van der Waals surface area contributed by atoms with Crippen molar-refractivity contribution >= 4 is 5.97 Å². The van der Waals surface area contributed by atoms with Gasteiger partial charge in [0.15, 0.2) is 0 Å². The van der Waals surface area contributed by atoms with Crippen LogP contribution in [0.4, 0.5) is 0 Å². The smallest absolute Gasteiger partial charge is 0.300 e. The van der Waals surface area contributed by atoms with Crippen LogP contribution in [0.1, 0.15) is 19.5 Å². The summed E-state index contributed by atoms with van der Waals surface area (Å²) >= 11 is 0. The van der Waals surface area contributed by atoms with Crippen molar-refractivity contribution in [2.45, 2.75) is 20.3 Å². The van der Waals surface area contributed by atoms with Gasteiger partial charge in [0, 0.05) is 18.8 Å². The largest absolute Gasteiger partial charge is 0.481 e. The van der Waals surface area contributed by atoms with Crippen molar-refractivity contribution in [3.05, 3.63) is 24.0 Å². The highest BCUT2D eigenvalue weighted by Gasteiger charge is 1.80. The number of aromatic amines is 1. The summed E-state index contributed by atoms with van der Waals surface area (Å²) in [6.45, 7) is 3.21. The van der Waals surface area contributed by atoms with Gasteiger partial charge >= 0.3 is 0 Å². The predicted molar refractivity (Wildman–Crippen MR) is 43.5 cm³/mol. The van der Waals surface area contributed by atoms with Crippen LogP contribution in [0.2, 0.25) is 0 Å². The molecule has 1 rings (SSSR count). The Morgan fingerprint density at radius 1 is 1.73 bits per heavy atom. The lowest BCUT2D eigenvalue weighted by Gasteiger charge is -1.81. The summed E-state index contributed by atoms with van der Waals surface area (Å²) in [5.41, 5.74) is 1.31. The lowest BCUT2D eigenvalue weighted by molar-refractivity contribution is -0.134. The van der Waals surface area contributed by atoms with E-state index < -0.39 is 5.97 Å². The maximum atomic E-state index is 9.00. The molecule has 0 saturated carbocycles. The van der Waals surface area contributed by atoms with Gasteiger partial charge in [-0.3, -0.25) is 4.79 Å². The molecule has 0 aliphatic rings. The molecule has 1 heterocycles. The van der Waals surface area contributed by atoms with Crippen LogP contribution in [-0.2, 0) is 11.2 Å². The van der Waals surface area contributed by atoms with E-state index in [1.165, 1.54) is 5.69 Å². The molecular weight excluding hydrogens is 142 g/mol. The molecule has 1 aromatic heterocycles. The fourth-order valence-electron chi connectivity index (χ4n) is 0.587. The molecule has 2 N–H and O–H groups in total. The average Bonchev–Trinajstić information content (AvgIpc) is 2.36. The van der Waals surface area contributed by atoms with E-state index in [0.29, 0.717) is 0 Å². The fraction of sp³-hybridized carbons (Fsp3) is 0.375. The van der Waals surface area contributed by atoms with E-state index in [1.807, 2.05) is 12.3 Å². The molecule has 0 aliphatic heterocycles. The number of carboxylic acid groups (broad SMARTS) is 1. The van der Waals surface area contributed by atoms with Gasteiger partial charge in [-0.05, 0) is 18.6 Å². The lowest BCUT2D eigenvalue weighted by atomic mass is 10.4. The van der Waals surface area contributed by atoms with Gasteiger partial charge in [-0.25, -0.2) is 0 Å². The summed E-state index contributed by atoms with van der Waals surface area (Å²) in [4.78, 5) is 12.1. The zero-order chi connectivity index (χ0) is 8.69. The van der Waals surface area contributed by atoms with E-state index in [2.05, 4.69) is 18.0 Å². The Bertz CT molecular complexity index is 188. The van der Waals surface area contributed by atoms with Crippen molar-refractivity contribution in [1.82, 2.24) is 4.98 Å². The molecule has 0 amide bonds. The molecule has 0 aliphatic carbocycles. The van der Waals surface area contributed by atoms with Crippen molar-refractivity contribution in [2.24, 2.45) is 0 Å². The van der Waals surface area contributed by atoms with E-state index in [4.69, 9.17) is 9.90 Å². The topological polar surface area (TPSA) is 53.1 Å². The number of rotatable bonds is 1. The molecule has 0 spiro atoms. The Hall–Kier alpha value is -1.25. The van der Waals surface area contributed by atoms with Gasteiger partial charge in [-0.1, -0.05) is 6.92 Å². The van der Waals surface area contributed by atoms with Crippen molar-refractivity contribution in [1.29, 1.82) is 0 Å². The minimum Gasteiger partial charge on any atom is -0.481 e. The van der Waals surface area contributed by atoms with Crippen LogP contribution in [0.15, 0.2) is 18.3 Å². The molecule has 0 radical (unpaired) electrons. The van der Waals surface area contributed by atoms with Crippen molar-refractivity contribution in [2.75, 3.05) is 0 Å². The molecule has 3 nitrogen and oxygen atoms in total. The maximum Gasteiger partial charge on any atom is 0.300 e. The molecular formula is C8H13NO2. The molecule has 1 aromatic rings. The second-order valence-corrected chi connectivity index (χ2v) is 2.07. The Labute approximate surface area is 66.1 Å². The minimum atomic E-state index is -0.833. The number of aromatic nitrogens is 1. The number of carbonyl (C=O) groups is 1. The first-order valence-corrected chi connectivity index (χ1v) is 3.48. The van der Waals surface area contributed by atoms with Gasteiger partial charge < -0.3 is 10.1 Å². The van der Waals surface area contributed by atoms with Gasteiger partial charge in [-0.15, -0.1) is 0 Å². The Morgan fingerprint density at radius 2 is 2.27 bits per heavy atom. The van der Waals surface area contributed by atoms with Crippen LogP contribution < -0.4 is 0 Å². The molecule has 0 atom stereocenters. The van der Waals surface area contributed by atoms with Crippen LogP contribution in [0, 0.1) is 0 Å². The van der Waals surface area contributed by atoms with E-state index >= 15 is 0 Å². The van der Waals surface area contributed by atoms with Crippen molar-refractivity contribution < 1.29 is 9.90 Å². The van der Waals surface area contributed by atoms with Crippen LogP contribution in [0.25, 0.3) is 0 Å². The first kappa shape index (κ1) is 9.75. The fourth-order valence-corrected chi connectivity index (χ4v) is 0.587. The predicted octanol–water partition coefficient (Wildman–Crippen LogP) is 1.67. The van der Waals surface area contributed by atoms with E-state index in [0.717, 1.165) is 13.3 Å². The minimum absolute atomic E-state index is 0.833. The number of hydrogen-bond acceptors (Lipinski definition) is 1. The Balaban J connectivity index is 0.000000218. The molecule has 11 heavy (non-hydrogen) atoms. The SMILES string of the molecule is CC(=O)O.CCc1ccc[nH]1. The number of aliphatic carboxylic acids is 1. The first-order valence-electron chi connectivity index (χ1n) is 3.48.